The Hall–Kier alpha value is -3.35. The van der Waals surface area contributed by atoms with Crippen LogP contribution in [0.15, 0.2) is 60.7 Å². The van der Waals surface area contributed by atoms with Crippen LogP contribution in [0.1, 0.15) is 38.3 Å². The smallest absolute Gasteiger partial charge is 0.408 e. The maximum absolute atomic E-state index is 13.2. The predicted octanol–water partition coefficient (Wildman–Crippen LogP) is 2.93. The lowest BCUT2D eigenvalue weighted by molar-refractivity contribution is -0.131. The van der Waals surface area contributed by atoms with Gasteiger partial charge in [-0.2, -0.15) is 0 Å². The molecule has 0 aliphatic heterocycles. The van der Waals surface area contributed by atoms with E-state index in [9.17, 15) is 14.4 Å². The van der Waals surface area contributed by atoms with Gasteiger partial charge in [0.05, 0.1) is 0 Å². The van der Waals surface area contributed by atoms with Gasteiger partial charge in [-0.3, -0.25) is 9.59 Å². The third kappa shape index (κ3) is 7.77. The molecule has 7 heteroatoms. The zero-order valence-corrected chi connectivity index (χ0v) is 18.3. The number of benzene rings is 2. The standard InChI is InChI=1S/C24H31N3O4/c1-17(2)14-20(21(25)28)26-22(29)24(3,15-18-10-6-4-7-11-18)27-23(30)31-16-19-12-8-5-9-13-19/h4-13,17,20H,14-16H2,1-3H3,(H2,25,28)(H,26,29)(H,27,30)/t20-,24-/m0/s1. The maximum atomic E-state index is 13.2. The van der Waals surface area contributed by atoms with Crippen molar-refractivity contribution in [2.75, 3.05) is 0 Å². The molecule has 0 bridgehead atoms. The molecule has 0 aliphatic rings. The van der Waals surface area contributed by atoms with E-state index in [1.54, 1.807) is 6.92 Å². The maximum Gasteiger partial charge on any atom is 0.408 e. The monoisotopic (exact) mass is 425 g/mol. The number of hydrogen-bond donors (Lipinski definition) is 3. The van der Waals surface area contributed by atoms with Gasteiger partial charge in [0, 0.05) is 6.42 Å². The van der Waals surface area contributed by atoms with Crippen molar-refractivity contribution >= 4 is 17.9 Å². The number of ether oxygens (including phenoxy) is 1. The van der Waals surface area contributed by atoms with E-state index in [0.29, 0.717) is 6.42 Å². The minimum atomic E-state index is -1.35. The highest BCUT2D eigenvalue weighted by molar-refractivity contribution is 5.93. The number of primary amides is 1. The van der Waals surface area contributed by atoms with E-state index < -0.39 is 29.5 Å². The number of alkyl carbamates (subject to hydrolysis) is 1. The fourth-order valence-electron chi connectivity index (χ4n) is 3.20. The molecule has 0 saturated heterocycles. The minimum Gasteiger partial charge on any atom is -0.445 e. The first-order chi connectivity index (χ1) is 14.7. The number of carbonyl (C=O) groups is 3. The van der Waals surface area contributed by atoms with Gasteiger partial charge >= 0.3 is 6.09 Å². The highest BCUT2D eigenvalue weighted by Crippen LogP contribution is 2.16. The molecule has 2 atom stereocenters. The van der Waals surface area contributed by atoms with Gasteiger partial charge in [0.1, 0.15) is 18.2 Å². The van der Waals surface area contributed by atoms with Crippen LogP contribution in [0.5, 0.6) is 0 Å². The first-order valence-electron chi connectivity index (χ1n) is 10.3. The Morgan fingerprint density at radius 1 is 0.968 bits per heavy atom. The Labute approximate surface area is 183 Å². The van der Waals surface area contributed by atoms with Gasteiger partial charge in [-0.05, 0) is 30.4 Å². The van der Waals surface area contributed by atoms with Crippen molar-refractivity contribution in [2.45, 2.75) is 51.8 Å². The summed E-state index contributed by atoms with van der Waals surface area (Å²) in [6.07, 6.45) is -0.106. The summed E-state index contributed by atoms with van der Waals surface area (Å²) in [6.45, 7) is 5.55. The molecule has 2 rings (SSSR count). The van der Waals surface area contributed by atoms with Crippen LogP contribution in [0.4, 0.5) is 4.79 Å². The second-order valence-electron chi connectivity index (χ2n) is 8.24. The molecule has 7 nitrogen and oxygen atoms in total. The van der Waals surface area contributed by atoms with Crippen LogP contribution in [0.2, 0.25) is 0 Å². The van der Waals surface area contributed by atoms with Crippen LogP contribution in [0.25, 0.3) is 0 Å². The van der Waals surface area contributed by atoms with E-state index in [0.717, 1.165) is 11.1 Å². The molecule has 0 fully saturated rings. The summed E-state index contributed by atoms with van der Waals surface area (Å²) in [4.78, 5) is 37.5. The molecule has 2 aromatic carbocycles. The van der Waals surface area contributed by atoms with E-state index in [4.69, 9.17) is 10.5 Å². The van der Waals surface area contributed by atoms with Crippen LogP contribution in [-0.4, -0.2) is 29.5 Å². The lowest BCUT2D eigenvalue weighted by atomic mass is 9.91. The summed E-state index contributed by atoms with van der Waals surface area (Å²) in [5.74, 6) is -0.963. The molecule has 166 valence electrons. The van der Waals surface area contributed by atoms with E-state index >= 15 is 0 Å². The van der Waals surface area contributed by atoms with Crippen LogP contribution in [-0.2, 0) is 27.4 Å². The van der Waals surface area contributed by atoms with Crippen molar-refractivity contribution < 1.29 is 19.1 Å². The number of nitrogens with two attached hydrogens (primary N) is 1. The van der Waals surface area contributed by atoms with Gasteiger partial charge in [-0.1, -0.05) is 74.5 Å². The normalized spacial score (nSPS) is 13.7. The second kappa shape index (κ2) is 11.2. The van der Waals surface area contributed by atoms with Crippen molar-refractivity contribution in [1.29, 1.82) is 0 Å². The van der Waals surface area contributed by atoms with E-state index in [1.807, 2.05) is 74.5 Å². The molecule has 0 radical (unpaired) electrons. The molecule has 0 unspecified atom stereocenters. The Kier molecular flexibility index (Phi) is 8.61. The molecule has 0 aliphatic carbocycles. The molecular weight excluding hydrogens is 394 g/mol. The summed E-state index contributed by atoms with van der Waals surface area (Å²) in [7, 11) is 0. The number of carbonyl (C=O) groups excluding carboxylic acids is 3. The van der Waals surface area contributed by atoms with Crippen LogP contribution in [0.3, 0.4) is 0 Å². The van der Waals surface area contributed by atoms with Crippen molar-refractivity contribution in [1.82, 2.24) is 10.6 Å². The Morgan fingerprint density at radius 3 is 2.03 bits per heavy atom. The lowest BCUT2D eigenvalue weighted by Gasteiger charge is -2.31. The summed E-state index contributed by atoms with van der Waals surface area (Å²) in [6, 6.07) is 17.7. The molecule has 2 aromatic rings. The van der Waals surface area contributed by atoms with Crippen LogP contribution < -0.4 is 16.4 Å². The SMILES string of the molecule is CC(C)C[C@H](NC(=O)[C@](C)(Cc1ccccc1)NC(=O)OCc1ccccc1)C(N)=O. The highest BCUT2D eigenvalue weighted by atomic mass is 16.5. The minimum absolute atomic E-state index is 0.0764. The first kappa shape index (κ1) is 23.9. The zero-order chi connectivity index (χ0) is 22.9. The van der Waals surface area contributed by atoms with Gasteiger partial charge in [0.25, 0.3) is 0 Å². The Balaban J connectivity index is 2.16. The first-order valence-corrected chi connectivity index (χ1v) is 10.3. The highest BCUT2D eigenvalue weighted by Gasteiger charge is 2.37. The molecule has 0 spiro atoms. The fraction of sp³-hybridized carbons (Fsp3) is 0.375. The molecule has 0 saturated carbocycles. The molecule has 0 aromatic heterocycles. The predicted molar refractivity (Wildman–Crippen MR) is 119 cm³/mol. The molecule has 4 N–H and O–H groups in total. The van der Waals surface area contributed by atoms with Crippen molar-refractivity contribution in [3.63, 3.8) is 0 Å². The molecule has 31 heavy (non-hydrogen) atoms. The van der Waals surface area contributed by atoms with Gasteiger partial charge in [0.15, 0.2) is 0 Å². The Morgan fingerprint density at radius 2 is 1.52 bits per heavy atom. The van der Waals surface area contributed by atoms with Gasteiger partial charge in [0.2, 0.25) is 11.8 Å². The quantitative estimate of drug-likeness (QED) is 0.543. The summed E-state index contributed by atoms with van der Waals surface area (Å²) in [5, 5.41) is 5.39. The number of hydrogen-bond acceptors (Lipinski definition) is 4. The van der Waals surface area contributed by atoms with Gasteiger partial charge in [-0.15, -0.1) is 0 Å². The summed E-state index contributed by atoms with van der Waals surface area (Å²) in [5.41, 5.74) is 5.81. The number of nitrogens with one attached hydrogen (secondary N) is 2. The topological polar surface area (TPSA) is 111 Å². The Bertz CT molecular complexity index is 871. The molecule has 3 amide bonds. The third-order valence-electron chi connectivity index (χ3n) is 4.85. The van der Waals surface area contributed by atoms with Crippen molar-refractivity contribution in [3.05, 3.63) is 71.8 Å². The molecular formula is C24H31N3O4. The van der Waals surface area contributed by atoms with Crippen molar-refractivity contribution in [2.24, 2.45) is 11.7 Å². The van der Waals surface area contributed by atoms with Crippen molar-refractivity contribution in [3.8, 4) is 0 Å². The van der Waals surface area contributed by atoms with E-state index in [1.165, 1.54) is 0 Å². The summed E-state index contributed by atoms with van der Waals surface area (Å²) < 4.78 is 5.31. The van der Waals surface area contributed by atoms with E-state index in [2.05, 4.69) is 10.6 Å². The average Bonchev–Trinajstić information content (AvgIpc) is 2.72. The number of rotatable bonds is 10. The molecule has 0 heterocycles. The van der Waals surface area contributed by atoms with Gasteiger partial charge < -0.3 is 21.1 Å². The second-order valence-corrected chi connectivity index (χ2v) is 8.24. The van der Waals surface area contributed by atoms with Crippen LogP contribution >= 0.6 is 0 Å². The average molecular weight is 426 g/mol. The zero-order valence-electron chi connectivity index (χ0n) is 18.3. The fourth-order valence-corrected chi connectivity index (χ4v) is 3.20. The lowest BCUT2D eigenvalue weighted by Crippen LogP contribution is -2.61. The third-order valence-corrected chi connectivity index (χ3v) is 4.85. The van der Waals surface area contributed by atoms with Crippen LogP contribution in [0, 0.1) is 5.92 Å². The largest absolute Gasteiger partial charge is 0.445 e. The summed E-state index contributed by atoms with van der Waals surface area (Å²) >= 11 is 0. The van der Waals surface area contributed by atoms with Gasteiger partial charge in [-0.25, -0.2) is 4.79 Å². The number of amides is 3. The van der Waals surface area contributed by atoms with E-state index in [-0.39, 0.29) is 18.9 Å².